The Balaban J connectivity index is 3.25. The van der Waals surface area contributed by atoms with Gasteiger partial charge in [0.15, 0.2) is 0 Å². The number of rotatable bonds is 5. The highest BCUT2D eigenvalue weighted by atomic mass is 17.2. The van der Waals surface area contributed by atoms with Gasteiger partial charge in [-0.25, -0.2) is 4.79 Å². The zero-order valence-electron chi connectivity index (χ0n) is 7.05. The highest BCUT2D eigenvalue weighted by molar-refractivity contribution is 5.86. The fourth-order valence-corrected chi connectivity index (χ4v) is 0.370. The molecule has 64 valence electrons. The normalized spacial score (nSPS) is 9.27. The minimum Gasteiger partial charge on any atom is -0.293 e. The molecular formula is C8H14O3. The second kappa shape index (κ2) is 5.92. The topological polar surface area (TPSA) is 35.5 Å². The summed E-state index contributed by atoms with van der Waals surface area (Å²) < 4.78 is 0. The Morgan fingerprint density at radius 1 is 1.55 bits per heavy atom. The second-order valence-electron chi connectivity index (χ2n) is 2.33. The first-order valence-corrected chi connectivity index (χ1v) is 3.67. The summed E-state index contributed by atoms with van der Waals surface area (Å²) >= 11 is 0. The molecule has 0 spiro atoms. The van der Waals surface area contributed by atoms with Gasteiger partial charge in [-0.1, -0.05) is 19.9 Å². The lowest BCUT2D eigenvalue weighted by atomic mass is 10.4. The highest BCUT2D eigenvalue weighted by Crippen LogP contribution is 1.94. The predicted octanol–water partition coefficient (Wildman–Crippen LogP) is 1.84. The molecule has 0 aliphatic rings. The van der Waals surface area contributed by atoms with Gasteiger partial charge >= 0.3 is 5.97 Å². The summed E-state index contributed by atoms with van der Waals surface area (Å²) in [7, 11) is 0. The monoisotopic (exact) mass is 158 g/mol. The predicted molar refractivity (Wildman–Crippen MR) is 41.8 cm³/mol. The summed E-state index contributed by atoms with van der Waals surface area (Å²) in [5.41, 5.74) is 0.349. The molecule has 0 amide bonds. The molecule has 0 heterocycles. The van der Waals surface area contributed by atoms with Crippen molar-refractivity contribution in [3.63, 3.8) is 0 Å². The maximum Gasteiger partial charge on any atom is 0.368 e. The van der Waals surface area contributed by atoms with Crippen molar-refractivity contribution < 1.29 is 14.6 Å². The van der Waals surface area contributed by atoms with Crippen molar-refractivity contribution in [1.29, 1.82) is 0 Å². The molecule has 0 aromatic rings. The molecule has 0 atom stereocenters. The van der Waals surface area contributed by atoms with Gasteiger partial charge in [0.25, 0.3) is 0 Å². The highest BCUT2D eigenvalue weighted by Gasteiger charge is 2.02. The van der Waals surface area contributed by atoms with Crippen molar-refractivity contribution in [3.8, 4) is 0 Å². The van der Waals surface area contributed by atoms with Crippen LogP contribution in [0.1, 0.15) is 26.7 Å². The first kappa shape index (κ1) is 10.2. The molecular weight excluding hydrogens is 144 g/mol. The third kappa shape index (κ3) is 5.61. The quantitative estimate of drug-likeness (QED) is 0.265. The maximum atomic E-state index is 10.7. The third-order valence-corrected chi connectivity index (χ3v) is 1.06. The van der Waals surface area contributed by atoms with Crippen molar-refractivity contribution in [1.82, 2.24) is 0 Å². The van der Waals surface area contributed by atoms with Gasteiger partial charge in [0, 0.05) is 5.57 Å². The average molecular weight is 158 g/mol. The summed E-state index contributed by atoms with van der Waals surface area (Å²) in [6.07, 6.45) is 1.91. The van der Waals surface area contributed by atoms with Gasteiger partial charge in [0.1, 0.15) is 0 Å². The van der Waals surface area contributed by atoms with Crippen LogP contribution < -0.4 is 0 Å². The molecule has 0 aliphatic heterocycles. The molecule has 0 radical (unpaired) electrons. The molecule has 0 N–H and O–H groups in total. The number of carbonyl (C=O) groups is 1. The number of carbonyl (C=O) groups excluding carboxylic acids is 1. The second-order valence-corrected chi connectivity index (χ2v) is 2.33. The van der Waals surface area contributed by atoms with E-state index in [1.165, 1.54) is 0 Å². The summed E-state index contributed by atoms with van der Waals surface area (Å²) in [6.45, 7) is 7.46. The van der Waals surface area contributed by atoms with E-state index in [0.29, 0.717) is 12.2 Å². The zero-order chi connectivity index (χ0) is 8.69. The van der Waals surface area contributed by atoms with Gasteiger partial charge in [-0.2, -0.15) is 4.89 Å². The fourth-order valence-electron chi connectivity index (χ4n) is 0.370. The Hall–Kier alpha value is -0.830. The minimum atomic E-state index is -0.499. The Bertz CT molecular complexity index is 140. The van der Waals surface area contributed by atoms with Crippen molar-refractivity contribution in [3.05, 3.63) is 12.2 Å². The zero-order valence-corrected chi connectivity index (χ0v) is 7.05. The van der Waals surface area contributed by atoms with Crippen LogP contribution in [0.4, 0.5) is 0 Å². The molecule has 0 bridgehead atoms. The summed E-state index contributed by atoms with van der Waals surface area (Å²) in [4.78, 5) is 19.6. The minimum absolute atomic E-state index is 0.349. The summed E-state index contributed by atoms with van der Waals surface area (Å²) in [5, 5.41) is 0. The standard InChI is InChI=1S/C8H14O3/c1-4-5-6-10-11-8(9)7(2)3/h2,4-6H2,1,3H3. The van der Waals surface area contributed by atoms with Crippen LogP contribution in [0.3, 0.4) is 0 Å². The molecule has 0 aliphatic carbocycles. The van der Waals surface area contributed by atoms with Crippen LogP contribution in [-0.4, -0.2) is 12.6 Å². The Kier molecular flexibility index (Phi) is 5.47. The molecule has 0 saturated heterocycles. The van der Waals surface area contributed by atoms with Crippen LogP contribution in [0.2, 0.25) is 0 Å². The Labute approximate surface area is 66.9 Å². The van der Waals surface area contributed by atoms with Crippen molar-refractivity contribution >= 4 is 5.97 Å². The van der Waals surface area contributed by atoms with Crippen molar-refractivity contribution in [2.24, 2.45) is 0 Å². The molecule has 11 heavy (non-hydrogen) atoms. The van der Waals surface area contributed by atoms with E-state index in [9.17, 15) is 4.79 Å². The van der Waals surface area contributed by atoms with Crippen LogP contribution >= 0.6 is 0 Å². The molecule has 0 rings (SSSR count). The molecule has 3 nitrogen and oxygen atoms in total. The van der Waals surface area contributed by atoms with E-state index in [2.05, 4.69) is 16.4 Å². The van der Waals surface area contributed by atoms with E-state index in [1.807, 2.05) is 6.92 Å². The van der Waals surface area contributed by atoms with Gasteiger partial charge in [0.2, 0.25) is 0 Å². The van der Waals surface area contributed by atoms with Gasteiger partial charge in [-0.3, -0.25) is 4.89 Å². The first-order chi connectivity index (χ1) is 5.18. The van der Waals surface area contributed by atoms with E-state index in [-0.39, 0.29) is 0 Å². The largest absolute Gasteiger partial charge is 0.368 e. The Morgan fingerprint density at radius 2 is 2.18 bits per heavy atom. The van der Waals surface area contributed by atoms with E-state index in [4.69, 9.17) is 0 Å². The first-order valence-electron chi connectivity index (χ1n) is 3.67. The third-order valence-electron chi connectivity index (χ3n) is 1.06. The lowest BCUT2D eigenvalue weighted by molar-refractivity contribution is -0.268. The summed E-state index contributed by atoms with van der Waals surface area (Å²) in [5.74, 6) is -0.499. The summed E-state index contributed by atoms with van der Waals surface area (Å²) in [6, 6.07) is 0. The van der Waals surface area contributed by atoms with Crippen molar-refractivity contribution in [2.75, 3.05) is 6.61 Å². The lowest BCUT2D eigenvalue weighted by Crippen LogP contribution is -2.06. The van der Waals surface area contributed by atoms with E-state index < -0.39 is 5.97 Å². The van der Waals surface area contributed by atoms with E-state index in [0.717, 1.165) is 12.8 Å². The molecule has 0 aromatic heterocycles. The van der Waals surface area contributed by atoms with Crippen LogP contribution in [0.25, 0.3) is 0 Å². The van der Waals surface area contributed by atoms with Gasteiger partial charge in [0.05, 0.1) is 6.61 Å². The van der Waals surface area contributed by atoms with Crippen LogP contribution in [0.15, 0.2) is 12.2 Å². The average Bonchev–Trinajstić information content (AvgIpc) is 1.97. The van der Waals surface area contributed by atoms with Crippen LogP contribution in [0.5, 0.6) is 0 Å². The molecule has 0 saturated carbocycles. The lowest BCUT2D eigenvalue weighted by Gasteiger charge is -2.00. The molecule has 0 aromatic carbocycles. The number of hydrogen-bond acceptors (Lipinski definition) is 3. The van der Waals surface area contributed by atoms with Gasteiger partial charge in [-0.15, -0.1) is 0 Å². The van der Waals surface area contributed by atoms with E-state index >= 15 is 0 Å². The fraction of sp³-hybridized carbons (Fsp3) is 0.625. The smallest absolute Gasteiger partial charge is 0.293 e. The van der Waals surface area contributed by atoms with Crippen LogP contribution in [0, 0.1) is 0 Å². The van der Waals surface area contributed by atoms with Gasteiger partial charge < -0.3 is 0 Å². The SMILES string of the molecule is C=C(C)C(=O)OOCCCC. The van der Waals surface area contributed by atoms with E-state index in [1.54, 1.807) is 6.92 Å². The molecule has 3 heteroatoms. The molecule has 0 fully saturated rings. The maximum absolute atomic E-state index is 10.7. The van der Waals surface area contributed by atoms with Crippen LogP contribution in [-0.2, 0) is 14.6 Å². The number of hydrogen-bond donors (Lipinski definition) is 0. The van der Waals surface area contributed by atoms with Gasteiger partial charge in [-0.05, 0) is 13.3 Å². The van der Waals surface area contributed by atoms with Crippen molar-refractivity contribution in [2.45, 2.75) is 26.7 Å². The Morgan fingerprint density at radius 3 is 2.64 bits per heavy atom. The molecule has 0 unspecified atom stereocenters. The number of unbranched alkanes of at least 4 members (excludes halogenated alkanes) is 1.